The summed E-state index contributed by atoms with van der Waals surface area (Å²) in [7, 11) is 5.05. The Kier molecular flexibility index (Phi) is 6.84. The van der Waals surface area contributed by atoms with Gasteiger partial charge in [-0.05, 0) is 18.3 Å². The summed E-state index contributed by atoms with van der Waals surface area (Å²) in [5.41, 5.74) is 1.03. The van der Waals surface area contributed by atoms with Gasteiger partial charge in [0.05, 0.1) is 0 Å². The summed E-state index contributed by atoms with van der Waals surface area (Å²) in [4.78, 5) is 5.18. The van der Waals surface area contributed by atoms with E-state index in [-0.39, 0.29) is 53.3 Å². The van der Waals surface area contributed by atoms with Crippen molar-refractivity contribution in [3.63, 3.8) is 0 Å². The molecule has 2 rings (SSSR count). The summed E-state index contributed by atoms with van der Waals surface area (Å²) in [6, 6.07) is 10.4. The standard InChI is InChI=1S/C11H13NOP2S.Y/c1-8-11(9(2)13-12-8)16(14)15-10-6-4-3-5-7-10;/h3-7,9,11,14H,2H2,1H3;/q-2;. The first kappa shape index (κ1) is 15.8. The van der Waals surface area contributed by atoms with Crippen LogP contribution in [-0.2, 0) is 46.8 Å². The second-order valence-electron chi connectivity index (χ2n) is 3.54. The Morgan fingerprint density at radius 2 is 2.06 bits per heavy atom. The van der Waals surface area contributed by atoms with E-state index in [0.717, 1.165) is 5.71 Å². The summed E-state index contributed by atoms with van der Waals surface area (Å²) >= 11 is 0. The fraction of sp³-hybridized carbons (Fsp3) is 0.273. The minimum absolute atomic E-state index is 0. The first-order valence-electron chi connectivity index (χ1n) is 4.93. The van der Waals surface area contributed by atoms with Crippen molar-refractivity contribution in [2.24, 2.45) is 5.16 Å². The molecule has 0 saturated carbocycles. The molecule has 2 atom stereocenters. The van der Waals surface area contributed by atoms with Gasteiger partial charge in [0.2, 0.25) is 0 Å². The molecule has 0 bridgehead atoms. The number of benzene rings is 1. The minimum Gasteiger partial charge on any atom is -0.427 e. The normalized spacial score (nSPS) is 24.7. The molecule has 0 aromatic heterocycles. The van der Waals surface area contributed by atoms with Crippen LogP contribution in [0.1, 0.15) is 6.92 Å². The quantitative estimate of drug-likeness (QED) is 0.453. The van der Waals surface area contributed by atoms with Crippen molar-refractivity contribution in [3.8, 4) is 0 Å². The monoisotopic (exact) mass is 358 g/mol. The van der Waals surface area contributed by atoms with Gasteiger partial charge in [0.25, 0.3) is 0 Å². The van der Waals surface area contributed by atoms with Crippen LogP contribution in [0.5, 0.6) is 0 Å². The SMILES string of the molecule is [CH2-]C1ON=C(C)C1[S-](=P)=Pc1ccccc1.[Y]. The molecular formula is C11H13NOP2SY-2. The summed E-state index contributed by atoms with van der Waals surface area (Å²) in [5.74, 6) is 0. The van der Waals surface area contributed by atoms with Gasteiger partial charge in [-0.1, -0.05) is 35.6 Å². The Bertz CT molecular complexity index is 486. The van der Waals surface area contributed by atoms with Crippen molar-refractivity contribution >= 4 is 35.6 Å². The van der Waals surface area contributed by atoms with Crippen molar-refractivity contribution in [1.82, 2.24) is 0 Å². The second kappa shape index (κ2) is 7.36. The molecule has 2 unspecified atom stereocenters. The summed E-state index contributed by atoms with van der Waals surface area (Å²) in [5, 5.41) is 5.56. The van der Waals surface area contributed by atoms with Crippen LogP contribution in [-0.4, -0.2) is 17.1 Å². The Morgan fingerprint density at radius 3 is 2.59 bits per heavy atom. The molecule has 0 N–H and O–H groups in total. The maximum absolute atomic E-state index is 5.18. The van der Waals surface area contributed by atoms with Gasteiger partial charge in [0.15, 0.2) is 0 Å². The fourth-order valence-electron chi connectivity index (χ4n) is 1.49. The van der Waals surface area contributed by atoms with Crippen LogP contribution >= 0.6 is 15.4 Å². The molecule has 17 heavy (non-hydrogen) atoms. The molecule has 0 aliphatic carbocycles. The molecule has 1 radical (unpaired) electrons. The number of hydrogen-bond donors (Lipinski definition) is 0. The number of hydrogen-bond acceptors (Lipinski definition) is 3. The van der Waals surface area contributed by atoms with Crippen LogP contribution in [0.25, 0.3) is 0 Å². The smallest absolute Gasteiger partial charge is 0.0381 e. The van der Waals surface area contributed by atoms with Crippen LogP contribution in [0.4, 0.5) is 0 Å². The molecule has 1 heterocycles. The molecule has 89 valence electrons. The van der Waals surface area contributed by atoms with Gasteiger partial charge in [-0.3, -0.25) is 8.02 Å². The van der Waals surface area contributed by atoms with Gasteiger partial charge in [-0.2, -0.15) is 0 Å². The molecule has 0 fully saturated rings. The van der Waals surface area contributed by atoms with Gasteiger partial charge < -0.3 is 21.0 Å². The van der Waals surface area contributed by atoms with E-state index in [4.69, 9.17) is 4.84 Å². The molecule has 0 saturated heterocycles. The maximum atomic E-state index is 5.18. The Balaban J connectivity index is 0.00000144. The summed E-state index contributed by atoms with van der Waals surface area (Å²) < 4.78 is 0. The Hall–Kier alpha value is 0.744. The first-order chi connectivity index (χ1) is 7.68. The second-order valence-corrected chi connectivity index (χ2v) is 9.45. The zero-order valence-electron chi connectivity index (χ0n) is 9.54. The van der Waals surface area contributed by atoms with Crippen LogP contribution in [0, 0.1) is 6.92 Å². The molecule has 0 spiro atoms. The van der Waals surface area contributed by atoms with E-state index < -0.39 is 0 Å². The van der Waals surface area contributed by atoms with E-state index in [1.165, 1.54) is 12.7 Å². The first-order valence-corrected chi connectivity index (χ1v) is 8.94. The average Bonchev–Trinajstić information content (AvgIpc) is 2.60. The van der Waals surface area contributed by atoms with E-state index in [2.05, 4.69) is 44.4 Å². The maximum Gasteiger partial charge on any atom is 0.0381 e. The fourth-order valence-corrected chi connectivity index (χ4v) is 7.00. The van der Waals surface area contributed by atoms with E-state index in [9.17, 15) is 0 Å². The van der Waals surface area contributed by atoms with Gasteiger partial charge >= 0.3 is 0 Å². The van der Waals surface area contributed by atoms with Crippen LogP contribution < -0.4 is 5.30 Å². The third-order valence-corrected chi connectivity index (χ3v) is 7.60. The third-order valence-electron chi connectivity index (χ3n) is 2.28. The van der Waals surface area contributed by atoms with Crippen LogP contribution in [0.2, 0.25) is 0 Å². The zero-order chi connectivity index (χ0) is 11.5. The minimum atomic E-state index is -0.0722. The van der Waals surface area contributed by atoms with Crippen molar-refractivity contribution in [2.45, 2.75) is 18.3 Å². The Morgan fingerprint density at radius 1 is 1.41 bits per heavy atom. The molecule has 6 heteroatoms. The van der Waals surface area contributed by atoms with Gasteiger partial charge in [0, 0.05) is 38.4 Å². The van der Waals surface area contributed by atoms with E-state index in [1.807, 2.05) is 13.0 Å². The number of nitrogens with zero attached hydrogens (tertiary/aromatic N) is 1. The predicted octanol–water partition coefficient (Wildman–Crippen LogP) is 2.82. The predicted molar refractivity (Wildman–Crippen MR) is 75.8 cm³/mol. The van der Waals surface area contributed by atoms with Crippen molar-refractivity contribution < 1.29 is 37.5 Å². The molecule has 0 amide bonds. The molecule has 1 aliphatic heterocycles. The molecule has 1 aromatic rings. The van der Waals surface area contributed by atoms with Gasteiger partial charge in [-0.25, -0.2) is 7.36 Å². The topological polar surface area (TPSA) is 21.6 Å². The van der Waals surface area contributed by atoms with E-state index >= 15 is 0 Å². The van der Waals surface area contributed by atoms with Crippen molar-refractivity contribution in [2.75, 3.05) is 0 Å². The molecule has 1 aromatic carbocycles. The van der Waals surface area contributed by atoms with Crippen molar-refractivity contribution in [1.29, 1.82) is 0 Å². The van der Waals surface area contributed by atoms with Gasteiger partial charge in [0.1, 0.15) is 0 Å². The summed E-state index contributed by atoms with van der Waals surface area (Å²) in [6.45, 7) is 5.96. The van der Waals surface area contributed by atoms with Crippen molar-refractivity contribution in [3.05, 3.63) is 37.3 Å². The molecule has 2 nitrogen and oxygen atoms in total. The van der Waals surface area contributed by atoms with Crippen LogP contribution in [0.3, 0.4) is 0 Å². The molecule has 1 aliphatic rings. The Labute approximate surface area is 133 Å². The summed E-state index contributed by atoms with van der Waals surface area (Å²) in [6.07, 6.45) is -0.0722. The number of oxime groups is 1. The largest absolute Gasteiger partial charge is 0.427 e. The molecular weight excluding hydrogens is 345 g/mol. The zero-order valence-corrected chi connectivity index (χ0v) is 15.1. The van der Waals surface area contributed by atoms with E-state index in [0.29, 0.717) is 0 Å². The van der Waals surface area contributed by atoms with Crippen LogP contribution in [0.15, 0.2) is 35.5 Å². The average molecular weight is 358 g/mol. The third kappa shape index (κ3) is 4.11. The van der Waals surface area contributed by atoms with Gasteiger partial charge in [-0.15, -0.1) is 5.16 Å². The number of rotatable bonds is 2. The van der Waals surface area contributed by atoms with E-state index in [1.54, 1.807) is 0 Å².